The van der Waals surface area contributed by atoms with Gasteiger partial charge in [0.1, 0.15) is 5.82 Å². The molecule has 2 aliphatic rings. The van der Waals surface area contributed by atoms with Crippen LogP contribution in [0.5, 0.6) is 0 Å². The van der Waals surface area contributed by atoms with E-state index < -0.39 is 0 Å². The van der Waals surface area contributed by atoms with Crippen LogP contribution in [-0.2, 0) is 9.53 Å². The fraction of sp³-hybridized carbons (Fsp3) is 0.562. The van der Waals surface area contributed by atoms with Crippen LogP contribution < -0.4 is 15.8 Å². The van der Waals surface area contributed by atoms with Crippen LogP contribution >= 0.6 is 0 Å². The molecule has 2 N–H and O–H groups in total. The Morgan fingerprint density at radius 3 is 2.43 bits per heavy atom. The highest BCUT2D eigenvalue weighted by molar-refractivity contribution is 5.95. The molecule has 0 radical (unpaired) electrons. The third kappa shape index (κ3) is 3.98. The maximum atomic E-state index is 12.0. The van der Waals surface area contributed by atoms with Crippen molar-refractivity contribution >= 4 is 17.6 Å². The highest BCUT2D eigenvalue weighted by atomic mass is 16.5. The van der Waals surface area contributed by atoms with Crippen LogP contribution in [0.2, 0.25) is 0 Å². The first-order valence-electron chi connectivity index (χ1n) is 7.99. The molecule has 3 rings (SSSR count). The number of nitrogens with zero attached hydrogens (tertiary/aromatic N) is 2. The molecule has 2 atom stereocenters. The smallest absolute Gasteiger partial charge is 0.271 e. The molecule has 1 aliphatic heterocycles. The molecule has 2 amide bonds. The van der Waals surface area contributed by atoms with Gasteiger partial charge in [-0.25, -0.2) is 4.98 Å². The zero-order chi connectivity index (χ0) is 16.4. The summed E-state index contributed by atoms with van der Waals surface area (Å²) in [7, 11) is 0. The first kappa shape index (κ1) is 15.7. The van der Waals surface area contributed by atoms with E-state index in [0.717, 1.165) is 31.7 Å². The Morgan fingerprint density at radius 2 is 1.87 bits per heavy atom. The Morgan fingerprint density at radius 1 is 1.17 bits per heavy atom. The molecule has 0 aromatic carbocycles. The van der Waals surface area contributed by atoms with Crippen molar-refractivity contribution < 1.29 is 14.3 Å². The van der Waals surface area contributed by atoms with Crippen molar-refractivity contribution in [3.05, 3.63) is 23.9 Å². The first-order chi connectivity index (χ1) is 11.0. The van der Waals surface area contributed by atoms with Gasteiger partial charge in [0, 0.05) is 25.2 Å². The number of hydrogen-bond donors (Lipinski definition) is 2. The lowest BCUT2D eigenvalue weighted by Gasteiger charge is -2.36. The van der Waals surface area contributed by atoms with Crippen molar-refractivity contribution in [3.63, 3.8) is 0 Å². The van der Waals surface area contributed by atoms with Gasteiger partial charge in [-0.15, -0.1) is 0 Å². The number of pyridine rings is 1. The molecule has 1 aromatic heterocycles. The molecule has 1 saturated heterocycles. The molecule has 0 unspecified atom stereocenters. The van der Waals surface area contributed by atoms with Gasteiger partial charge in [0.2, 0.25) is 5.91 Å². The molecule has 0 bridgehead atoms. The van der Waals surface area contributed by atoms with Gasteiger partial charge in [-0.1, -0.05) is 0 Å². The second-order valence-electron chi connectivity index (χ2n) is 6.29. The molecule has 2 heterocycles. The summed E-state index contributed by atoms with van der Waals surface area (Å²) in [5.41, 5.74) is 5.28. The van der Waals surface area contributed by atoms with E-state index in [1.54, 1.807) is 6.07 Å². The summed E-state index contributed by atoms with van der Waals surface area (Å²) in [6, 6.07) is 3.54. The number of rotatable bonds is 3. The van der Waals surface area contributed by atoms with E-state index in [1.165, 1.54) is 6.20 Å². The number of carbonyl (C=O) groups excluding carboxylic acids is 2. The number of aromatic nitrogens is 1. The van der Waals surface area contributed by atoms with Crippen LogP contribution in [0.15, 0.2) is 18.3 Å². The first-order valence-corrected chi connectivity index (χ1v) is 7.99. The van der Waals surface area contributed by atoms with E-state index in [9.17, 15) is 9.59 Å². The predicted molar refractivity (Wildman–Crippen MR) is 84.8 cm³/mol. The fourth-order valence-corrected chi connectivity index (χ4v) is 2.71. The molecule has 124 valence electrons. The highest BCUT2D eigenvalue weighted by Crippen LogP contribution is 2.28. The normalized spacial score (nSPS) is 24.2. The van der Waals surface area contributed by atoms with Crippen molar-refractivity contribution in [1.29, 1.82) is 0 Å². The van der Waals surface area contributed by atoms with E-state index in [4.69, 9.17) is 4.74 Å². The number of hydrogen-bond acceptors (Lipinski definition) is 5. The van der Waals surface area contributed by atoms with E-state index in [2.05, 4.69) is 20.7 Å². The summed E-state index contributed by atoms with van der Waals surface area (Å²) in [5.74, 6) is 0.396. The van der Waals surface area contributed by atoms with Crippen molar-refractivity contribution in [3.8, 4) is 0 Å². The topological polar surface area (TPSA) is 83.6 Å². The minimum absolute atomic E-state index is 0.0566. The van der Waals surface area contributed by atoms with Gasteiger partial charge in [-0.05, 0) is 38.8 Å². The van der Waals surface area contributed by atoms with Crippen LogP contribution in [0.25, 0.3) is 0 Å². The molecule has 7 heteroatoms. The van der Waals surface area contributed by atoms with Gasteiger partial charge in [-0.2, -0.15) is 0 Å². The van der Waals surface area contributed by atoms with Gasteiger partial charge in [0.25, 0.3) is 5.91 Å². The summed E-state index contributed by atoms with van der Waals surface area (Å²) in [6.45, 7) is 5.63. The Labute approximate surface area is 135 Å². The largest absolute Gasteiger partial charge is 0.372 e. The maximum Gasteiger partial charge on any atom is 0.271 e. The average molecular weight is 318 g/mol. The zero-order valence-electron chi connectivity index (χ0n) is 13.4. The van der Waals surface area contributed by atoms with Gasteiger partial charge >= 0.3 is 0 Å². The minimum Gasteiger partial charge on any atom is -0.372 e. The molecule has 2 fully saturated rings. The van der Waals surface area contributed by atoms with Crippen molar-refractivity contribution in [1.82, 2.24) is 15.8 Å². The number of hydrazine groups is 1. The van der Waals surface area contributed by atoms with Crippen LogP contribution in [0.4, 0.5) is 5.82 Å². The van der Waals surface area contributed by atoms with E-state index in [1.807, 2.05) is 19.9 Å². The lowest BCUT2D eigenvalue weighted by Crippen LogP contribution is -2.46. The summed E-state index contributed by atoms with van der Waals surface area (Å²) in [5, 5.41) is 0. The van der Waals surface area contributed by atoms with Crippen LogP contribution in [0.1, 0.15) is 37.0 Å². The van der Waals surface area contributed by atoms with Gasteiger partial charge < -0.3 is 9.64 Å². The molecule has 0 spiro atoms. The van der Waals surface area contributed by atoms with Crippen LogP contribution in [0, 0.1) is 5.92 Å². The second kappa shape index (κ2) is 6.54. The number of anilines is 1. The standard InChI is InChI=1S/C16H22N4O3/c1-10-8-20(9-11(2)23-10)14-6-5-13(7-17-14)16(22)19-18-15(21)12-3-4-12/h5-7,10-12H,3-4,8-9H2,1-2H3,(H,18,21)(H,19,22)/t10-,11-/m1/s1. The molecule has 23 heavy (non-hydrogen) atoms. The highest BCUT2D eigenvalue weighted by Gasteiger charge is 2.29. The third-order valence-electron chi connectivity index (χ3n) is 4.00. The minimum atomic E-state index is -0.359. The van der Waals surface area contributed by atoms with Crippen molar-refractivity contribution in [2.24, 2.45) is 5.92 Å². The Hall–Kier alpha value is -2.15. The van der Waals surface area contributed by atoms with Gasteiger partial charge in [-0.3, -0.25) is 20.4 Å². The summed E-state index contributed by atoms with van der Waals surface area (Å²) in [6.07, 6.45) is 3.63. The summed E-state index contributed by atoms with van der Waals surface area (Å²) < 4.78 is 5.70. The lowest BCUT2D eigenvalue weighted by atomic mass is 10.2. The SMILES string of the molecule is C[C@@H]1CN(c2ccc(C(=O)NNC(=O)C3CC3)cn2)C[C@@H](C)O1. The Balaban J connectivity index is 1.57. The van der Waals surface area contributed by atoms with Crippen LogP contribution in [-0.4, -0.2) is 42.1 Å². The van der Waals surface area contributed by atoms with E-state index in [0.29, 0.717) is 5.56 Å². The Bertz CT molecular complexity index is 575. The molecular formula is C16H22N4O3. The predicted octanol–water partition coefficient (Wildman–Crippen LogP) is 0.866. The number of morpholine rings is 1. The van der Waals surface area contributed by atoms with Crippen molar-refractivity contribution in [2.45, 2.75) is 38.9 Å². The molecular weight excluding hydrogens is 296 g/mol. The second-order valence-corrected chi connectivity index (χ2v) is 6.29. The van der Waals surface area contributed by atoms with E-state index in [-0.39, 0.29) is 29.9 Å². The monoisotopic (exact) mass is 318 g/mol. The summed E-state index contributed by atoms with van der Waals surface area (Å²) in [4.78, 5) is 30.0. The molecule has 7 nitrogen and oxygen atoms in total. The number of amides is 2. The van der Waals surface area contributed by atoms with Crippen LogP contribution in [0.3, 0.4) is 0 Å². The maximum absolute atomic E-state index is 12.0. The molecule has 1 aliphatic carbocycles. The third-order valence-corrected chi connectivity index (χ3v) is 4.00. The summed E-state index contributed by atoms with van der Waals surface area (Å²) >= 11 is 0. The van der Waals surface area contributed by atoms with Gasteiger partial charge in [0.15, 0.2) is 0 Å². The zero-order valence-corrected chi connectivity index (χ0v) is 13.4. The number of ether oxygens (including phenoxy) is 1. The number of carbonyl (C=O) groups is 2. The lowest BCUT2D eigenvalue weighted by molar-refractivity contribution is -0.123. The van der Waals surface area contributed by atoms with E-state index >= 15 is 0 Å². The molecule has 1 aromatic rings. The van der Waals surface area contributed by atoms with Crippen molar-refractivity contribution in [2.75, 3.05) is 18.0 Å². The quantitative estimate of drug-likeness (QED) is 0.808. The fourth-order valence-electron chi connectivity index (χ4n) is 2.71. The number of nitrogens with one attached hydrogen (secondary N) is 2. The molecule has 1 saturated carbocycles. The van der Waals surface area contributed by atoms with Gasteiger partial charge in [0.05, 0.1) is 17.8 Å². The Kier molecular flexibility index (Phi) is 4.47. The average Bonchev–Trinajstić information content (AvgIpc) is 3.36.